The average Bonchev–Trinajstić information content (AvgIpc) is 3.26. The number of piperidine rings is 1. The molecule has 1 atom stereocenters. The van der Waals surface area contributed by atoms with Crippen molar-refractivity contribution in [1.29, 1.82) is 0 Å². The molecule has 0 amide bonds. The molecule has 6 heteroatoms. The largest absolute Gasteiger partial charge is 0.381 e. The molecule has 0 aliphatic carbocycles. The number of rotatable bonds is 10. The van der Waals surface area contributed by atoms with Crippen molar-refractivity contribution in [2.24, 2.45) is 10.9 Å². The molecule has 6 nitrogen and oxygen atoms in total. The zero-order valence-corrected chi connectivity index (χ0v) is 18.9. The number of benzene rings is 1. The fourth-order valence-electron chi connectivity index (χ4n) is 4.14. The maximum atomic E-state index is 5.78. The molecule has 0 spiro atoms. The number of aliphatic imine (C=N–C) groups is 1. The summed E-state index contributed by atoms with van der Waals surface area (Å²) in [4.78, 5) is 7.31. The predicted molar refractivity (Wildman–Crippen MR) is 123 cm³/mol. The van der Waals surface area contributed by atoms with Crippen LogP contribution >= 0.6 is 0 Å². The van der Waals surface area contributed by atoms with Gasteiger partial charge in [0.1, 0.15) is 0 Å². The third kappa shape index (κ3) is 8.25. The molecule has 168 valence electrons. The van der Waals surface area contributed by atoms with Crippen molar-refractivity contribution in [2.75, 3.05) is 52.6 Å². The van der Waals surface area contributed by atoms with Crippen LogP contribution in [0.15, 0.2) is 29.3 Å². The smallest absolute Gasteiger partial charge is 0.191 e. The van der Waals surface area contributed by atoms with Crippen LogP contribution in [0.25, 0.3) is 0 Å². The number of guanidine groups is 1. The Labute approximate surface area is 182 Å². The molecule has 1 unspecified atom stereocenters. The van der Waals surface area contributed by atoms with E-state index in [2.05, 4.69) is 53.6 Å². The van der Waals surface area contributed by atoms with E-state index in [9.17, 15) is 0 Å². The van der Waals surface area contributed by atoms with E-state index in [1.807, 2.05) is 0 Å². The Morgan fingerprint density at radius 2 is 2.13 bits per heavy atom. The zero-order valence-electron chi connectivity index (χ0n) is 18.9. The van der Waals surface area contributed by atoms with Gasteiger partial charge in [-0.05, 0) is 45.1 Å². The Hall–Kier alpha value is -1.63. The number of nitrogens with one attached hydrogen (secondary N) is 2. The van der Waals surface area contributed by atoms with Crippen molar-refractivity contribution < 1.29 is 9.47 Å². The van der Waals surface area contributed by atoms with Crippen LogP contribution in [0, 0.1) is 12.8 Å². The van der Waals surface area contributed by atoms with E-state index in [0.29, 0.717) is 12.0 Å². The van der Waals surface area contributed by atoms with Crippen molar-refractivity contribution >= 4 is 5.96 Å². The van der Waals surface area contributed by atoms with E-state index >= 15 is 0 Å². The van der Waals surface area contributed by atoms with Crippen LogP contribution in [0.4, 0.5) is 0 Å². The average molecular weight is 417 g/mol. The topological polar surface area (TPSA) is 58.1 Å². The number of hydrogen-bond donors (Lipinski definition) is 2. The van der Waals surface area contributed by atoms with Crippen molar-refractivity contribution in [1.82, 2.24) is 15.5 Å². The summed E-state index contributed by atoms with van der Waals surface area (Å²) in [5.41, 5.74) is 2.76. The standard InChI is InChI=1S/C24H40N4O2/c1-3-25-24(26-11-5-14-29-18-22-10-15-30-19-22)27-23-8-12-28(13-9-23)17-21-7-4-6-20(2)16-21/h4,6-7,16,22-23H,3,5,8-15,17-19H2,1-2H3,(H2,25,26,27). The van der Waals surface area contributed by atoms with Crippen LogP contribution in [0.5, 0.6) is 0 Å². The van der Waals surface area contributed by atoms with Crippen molar-refractivity contribution in [3.8, 4) is 0 Å². The number of nitrogens with zero attached hydrogens (tertiary/aromatic N) is 2. The minimum atomic E-state index is 0.496. The Morgan fingerprint density at radius 3 is 2.87 bits per heavy atom. The first-order chi connectivity index (χ1) is 14.7. The van der Waals surface area contributed by atoms with Crippen molar-refractivity contribution in [3.05, 3.63) is 35.4 Å². The Bertz CT molecular complexity index is 638. The lowest BCUT2D eigenvalue weighted by atomic mass is 10.0. The van der Waals surface area contributed by atoms with Crippen LogP contribution in [0.2, 0.25) is 0 Å². The first kappa shape index (κ1) is 23.0. The van der Waals surface area contributed by atoms with Crippen molar-refractivity contribution in [2.45, 2.75) is 52.1 Å². The Balaban J connectivity index is 1.32. The molecule has 0 radical (unpaired) electrons. The number of aryl methyl sites for hydroxylation is 1. The second kappa shape index (κ2) is 12.9. The van der Waals surface area contributed by atoms with E-state index in [0.717, 1.165) is 90.8 Å². The summed E-state index contributed by atoms with van der Waals surface area (Å²) in [6, 6.07) is 9.35. The fourth-order valence-corrected chi connectivity index (χ4v) is 4.14. The van der Waals surface area contributed by atoms with E-state index in [4.69, 9.17) is 14.5 Å². The van der Waals surface area contributed by atoms with Gasteiger partial charge in [0.25, 0.3) is 0 Å². The van der Waals surface area contributed by atoms with Gasteiger partial charge in [-0.1, -0.05) is 29.8 Å². The molecule has 1 aromatic rings. The normalized spacial score (nSPS) is 21.1. The first-order valence-electron chi connectivity index (χ1n) is 11.7. The van der Waals surface area contributed by atoms with E-state index < -0.39 is 0 Å². The Kier molecular flexibility index (Phi) is 9.93. The van der Waals surface area contributed by atoms with Gasteiger partial charge in [-0.2, -0.15) is 0 Å². The maximum absolute atomic E-state index is 5.78. The second-order valence-corrected chi connectivity index (χ2v) is 8.60. The fraction of sp³-hybridized carbons (Fsp3) is 0.708. The molecule has 1 aromatic carbocycles. The third-order valence-corrected chi connectivity index (χ3v) is 5.86. The van der Waals surface area contributed by atoms with Crippen molar-refractivity contribution in [3.63, 3.8) is 0 Å². The summed E-state index contributed by atoms with van der Waals surface area (Å²) in [5.74, 6) is 1.53. The molecular formula is C24H40N4O2. The minimum Gasteiger partial charge on any atom is -0.381 e. The van der Waals surface area contributed by atoms with Crippen LogP contribution in [-0.2, 0) is 16.0 Å². The van der Waals surface area contributed by atoms with Gasteiger partial charge in [0.15, 0.2) is 5.96 Å². The summed E-state index contributed by atoms with van der Waals surface area (Å²) in [5, 5.41) is 7.03. The quantitative estimate of drug-likeness (QED) is 0.349. The lowest BCUT2D eigenvalue weighted by molar-refractivity contribution is 0.0893. The van der Waals surface area contributed by atoms with Crippen LogP contribution < -0.4 is 10.6 Å². The highest BCUT2D eigenvalue weighted by atomic mass is 16.5. The van der Waals surface area contributed by atoms with Gasteiger partial charge in [-0.15, -0.1) is 0 Å². The predicted octanol–water partition coefficient (Wildman–Crippen LogP) is 2.96. The van der Waals surface area contributed by atoms with Gasteiger partial charge < -0.3 is 20.1 Å². The van der Waals surface area contributed by atoms with E-state index in [1.54, 1.807) is 0 Å². The van der Waals surface area contributed by atoms with Gasteiger partial charge in [0.05, 0.1) is 13.2 Å². The Morgan fingerprint density at radius 1 is 1.27 bits per heavy atom. The second-order valence-electron chi connectivity index (χ2n) is 8.60. The zero-order chi connectivity index (χ0) is 21.0. The number of hydrogen-bond acceptors (Lipinski definition) is 4. The number of likely N-dealkylation sites (tertiary alicyclic amines) is 1. The van der Waals surface area contributed by atoms with E-state index in [-0.39, 0.29) is 0 Å². The van der Waals surface area contributed by atoms with Gasteiger partial charge in [-0.25, -0.2) is 0 Å². The van der Waals surface area contributed by atoms with E-state index in [1.165, 1.54) is 11.1 Å². The molecule has 2 fully saturated rings. The summed E-state index contributed by atoms with van der Waals surface area (Å²) in [7, 11) is 0. The molecule has 30 heavy (non-hydrogen) atoms. The molecule has 2 aliphatic rings. The van der Waals surface area contributed by atoms with Crippen LogP contribution in [0.3, 0.4) is 0 Å². The highest BCUT2D eigenvalue weighted by molar-refractivity contribution is 5.80. The third-order valence-electron chi connectivity index (χ3n) is 5.86. The van der Waals surface area contributed by atoms with Crippen LogP contribution in [0.1, 0.15) is 43.7 Å². The SMILES string of the molecule is CCNC(=NCCCOCC1CCOC1)NC1CCN(Cc2cccc(C)c2)CC1. The minimum absolute atomic E-state index is 0.496. The maximum Gasteiger partial charge on any atom is 0.191 e. The summed E-state index contributed by atoms with van der Waals surface area (Å²) in [6.45, 7) is 12.6. The molecule has 0 saturated carbocycles. The van der Waals surface area contributed by atoms with Gasteiger partial charge in [-0.3, -0.25) is 9.89 Å². The monoisotopic (exact) mass is 416 g/mol. The highest BCUT2D eigenvalue weighted by Gasteiger charge is 2.20. The highest BCUT2D eigenvalue weighted by Crippen LogP contribution is 2.15. The molecular weight excluding hydrogens is 376 g/mol. The molecule has 0 aromatic heterocycles. The summed E-state index contributed by atoms with van der Waals surface area (Å²) < 4.78 is 11.2. The van der Waals surface area contributed by atoms with Gasteiger partial charge >= 0.3 is 0 Å². The van der Waals surface area contributed by atoms with Crippen LogP contribution in [-0.4, -0.2) is 69.5 Å². The van der Waals surface area contributed by atoms with Gasteiger partial charge in [0, 0.05) is 57.9 Å². The van der Waals surface area contributed by atoms with Gasteiger partial charge in [0.2, 0.25) is 0 Å². The lowest BCUT2D eigenvalue weighted by Gasteiger charge is -2.33. The lowest BCUT2D eigenvalue weighted by Crippen LogP contribution is -2.48. The summed E-state index contributed by atoms with van der Waals surface area (Å²) >= 11 is 0. The molecule has 2 saturated heterocycles. The molecule has 2 aliphatic heterocycles. The number of ether oxygens (including phenoxy) is 2. The molecule has 2 N–H and O–H groups in total. The summed E-state index contributed by atoms with van der Waals surface area (Å²) in [6.07, 6.45) is 4.40. The molecule has 0 bridgehead atoms. The molecule has 2 heterocycles. The molecule has 3 rings (SSSR count). The first-order valence-corrected chi connectivity index (χ1v) is 11.7.